The minimum Gasteiger partial charge on any atom is -0.304 e. The zero-order valence-corrected chi connectivity index (χ0v) is 15.0. The number of Topliss-reactive ketones (excluding diaryl/α,β-unsaturated/α-hetero) is 1. The van der Waals surface area contributed by atoms with E-state index in [0.29, 0.717) is 6.54 Å². The molecule has 0 aliphatic heterocycles. The molecule has 0 saturated heterocycles. The Hall–Kier alpha value is -0.710. The summed E-state index contributed by atoms with van der Waals surface area (Å²) in [4.78, 5) is 16.9. The van der Waals surface area contributed by atoms with Gasteiger partial charge in [-0.15, -0.1) is 0 Å². The van der Waals surface area contributed by atoms with Crippen LogP contribution in [0, 0.1) is 0 Å². The van der Waals surface area contributed by atoms with E-state index in [9.17, 15) is 4.79 Å². The van der Waals surface area contributed by atoms with Gasteiger partial charge >= 0.3 is 0 Å². The Balaban J connectivity index is 2.42. The molecule has 0 aliphatic rings. The average Bonchev–Trinajstić information content (AvgIpc) is 2.50. The van der Waals surface area contributed by atoms with Crippen molar-refractivity contribution in [2.24, 2.45) is 0 Å². The number of likely N-dealkylation sites (N-methyl/N-ethyl adjacent to an activating group) is 1. The molecule has 0 aromatic heterocycles. The van der Waals surface area contributed by atoms with E-state index >= 15 is 0 Å². The van der Waals surface area contributed by atoms with Gasteiger partial charge in [-0.05, 0) is 51.3 Å². The maximum Gasteiger partial charge on any atom is 0.176 e. The second-order valence-corrected chi connectivity index (χ2v) is 6.09. The first-order valence-corrected chi connectivity index (χ1v) is 8.63. The number of carbonyl (C=O) groups excluding carboxylic acids is 1. The van der Waals surface area contributed by atoms with Gasteiger partial charge < -0.3 is 4.90 Å². The van der Waals surface area contributed by atoms with Gasteiger partial charge in [-0.1, -0.05) is 48.8 Å². The first kappa shape index (κ1) is 18.3. The predicted molar refractivity (Wildman–Crippen MR) is 93.0 cm³/mol. The molecular weight excluding hydrogens is 328 g/mol. The molecule has 0 bridgehead atoms. The Bertz CT molecular complexity index is 415. The van der Waals surface area contributed by atoms with Crippen molar-refractivity contribution in [3.63, 3.8) is 0 Å². The van der Waals surface area contributed by atoms with Crippen molar-refractivity contribution < 1.29 is 4.79 Å². The summed E-state index contributed by atoms with van der Waals surface area (Å²) in [5, 5.41) is 0. The summed E-state index contributed by atoms with van der Waals surface area (Å²) in [5.41, 5.74) is 0.792. The molecule has 0 spiro atoms. The maximum atomic E-state index is 12.3. The quantitative estimate of drug-likeness (QED) is 0.598. The lowest BCUT2D eigenvalue weighted by Gasteiger charge is -2.22. The van der Waals surface area contributed by atoms with E-state index in [1.54, 1.807) is 0 Å². The standard InChI is InChI=1S/C17H27BrN2O/c1-4-19(5-2)12-7-13-20(6-3)14-17(21)15-8-10-16(18)11-9-15/h8-11H,4-7,12-14H2,1-3H3. The number of nitrogens with zero attached hydrogens (tertiary/aromatic N) is 2. The third-order valence-corrected chi connectivity index (χ3v) is 4.35. The highest BCUT2D eigenvalue weighted by atomic mass is 79.9. The molecular formula is C17H27BrN2O. The van der Waals surface area contributed by atoms with Crippen molar-refractivity contribution in [2.45, 2.75) is 27.2 Å². The van der Waals surface area contributed by atoms with Gasteiger partial charge in [0.1, 0.15) is 0 Å². The van der Waals surface area contributed by atoms with Crippen LogP contribution in [0.3, 0.4) is 0 Å². The van der Waals surface area contributed by atoms with E-state index in [0.717, 1.165) is 49.2 Å². The molecule has 0 unspecified atom stereocenters. The normalized spacial score (nSPS) is 11.3. The van der Waals surface area contributed by atoms with Crippen LogP contribution in [-0.2, 0) is 0 Å². The summed E-state index contributed by atoms with van der Waals surface area (Å²) in [5.74, 6) is 0.201. The molecule has 1 aromatic rings. The van der Waals surface area contributed by atoms with Gasteiger partial charge in [-0.2, -0.15) is 0 Å². The highest BCUT2D eigenvalue weighted by Gasteiger charge is 2.11. The third kappa shape index (κ3) is 6.72. The van der Waals surface area contributed by atoms with Gasteiger partial charge in [0.05, 0.1) is 6.54 Å². The van der Waals surface area contributed by atoms with Gasteiger partial charge in [-0.3, -0.25) is 9.69 Å². The summed E-state index contributed by atoms with van der Waals surface area (Å²) in [6.07, 6.45) is 1.11. The SMILES string of the molecule is CCN(CC)CCCN(CC)CC(=O)c1ccc(Br)cc1. The fraction of sp³-hybridized carbons (Fsp3) is 0.588. The Morgan fingerprint density at radius 1 is 0.952 bits per heavy atom. The van der Waals surface area contributed by atoms with E-state index in [1.807, 2.05) is 24.3 Å². The maximum absolute atomic E-state index is 12.3. The van der Waals surface area contributed by atoms with E-state index in [-0.39, 0.29) is 5.78 Å². The molecule has 0 amide bonds. The fourth-order valence-corrected chi connectivity index (χ4v) is 2.60. The number of benzene rings is 1. The van der Waals surface area contributed by atoms with Crippen molar-refractivity contribution in [1.29, 1.82) is 0 Å². The van der Waals surface area contributed by atoms with Crippen molar-refractivity contribution >= 4 is 21.7 Å². The predicted octanol–water partition coefficient (Wildman–Crippen LogP) is 3.69. The zero-order chi connectivity index (χ0) is 15.7. The molecule has 0 saturated carbocycles. The van der Waals surface area contributed by atoms with Crippen LogP contribution in [0.4, 0.5) is 0 Å². The lowest BCUT2D eigenvalue weighted by Crippen LogP contribution is -2.33. The van der Waals surface area contributed by atoms with Gasteiger partial charge in [0.2, 0.25) is 0 Å². The molecule has 0 N–H and O–H groups in total. The largest absolute Gasteiger partial charge is 0.304 e. The molecule has 118 valence electrons. The van der Waals surface area contributed by atoms with Crippen LogP contribution in [-0.4, -0.2) is 54.9 Å². The van der Waals surface area contributed by atoms with Crippen LogP contribution < -0.4 is 0 Å². The van der Waals surface area contributed by atoms with Crippen LogP contribution in [0.2, 0.25) is 0 Å². The minimum absolute atomic E-state index is 0.201. The minimum atomic E-state index is 0.201. The Morgan fingerprint density at radius 3 is 2.00 bits per heavy atom. The van der Waals surface area contributed by atoms with E-state index in [2.05, 4.69) is 46.5 Å². The lowest BCUT2D eigenvalue weighted by atomic mass is 10.1. The summed E-state index contributed by atoms with van der Waals surface area (Å²) >= 11 is 3.39. The van der Waals surface area contributed by atoms with E-state index in [1.165, 1.54) is 0 Å². The number of halogens is 1. The summed E-state index contributed by atoms with van der Waals surface area (Å²) in [6.45, 7) is 12.2. The van der Waals surface area contributed by atoms with Crippen LogP contribution in [0.1, 0.15) is 37.6 Å². The molecule has 0 radical (unpaired) electrons. The first-order valence-electron chi connectivity index (χ1n) is 7.84. The second-order valence-electron chi connectivity index (χ2n) is 5.18. The summed E-state index contributed by atoms with van der Waals surface area (Å²) in [7, 11) is 0. The molecule has 0 atom stereocenters. The van der Waals surface area contributed by atoms with Crippen LogP contribution in [0.15, 0.2) is 28.7 Å². The van der Waals surface area contributed by atoms with Gasteiger partial charge in [0, 0.05) is 10.0 Å². The van der Waals surface area contributed by atoms with Crippen molar-refractivity contribution in [3.8, 4) is 0 Å². The molecule has 3 nitrogen and oxygen atoms in total. The Morgan fingerprint density at radius 2 is 1.48 bits per heavy atom. The van der Waals surface area contributed by atoms with Crippen molar-refractivity contribution in [3.05, 3.63) is 34.3 Å². The molecule has 0 fully saturated rings. The van der Waals surface area contributed by atoms with Crippen LogP contribution in [0.5, 0.6) is 0 Å². The number of rotatable bonds is 10. The summed E-state index contributed by atoms with van der Waals surface area (Å²) in [6, 6.07) is 7.61. The number of hydrogen-bond acceptors (Lipinski definition) is 3. The first-order chi connectivity index (χ1) is 10.1. The highest BCUT2D eigenvalue weighted by Crippen LogP contribution is 2.11. The smallest absolute Gasteiger partial charge is 0.176 e. The summed E-state index contributed by atoms with van der Waals surface area (Å²) < 4.78 is 1.01. The number of hydrogen-bond donors (Lipinski definition) is 0. The molecule has 4 heteroatoms. The fourth-order valence-electron chi connectivity index (χ4n) is 2.34. The van der Waals surface area contributed by atoms with Gasteiger partial charge in [0.15, 0.2) is 5.78 Å². The number of carbonyl (C=O) groups is 1. The van der Waals surface area contributed by atoms with Crippen molar-refractivity contribution in [1.82, 2.24) is 9.80 Å². The van der Waals surface area contributed by atoms with Gasteiger partial charge in [0.25, 0.3) is 0 Å². The zero-order valence-electron chi connectivity index (χ0n) is 13.4. The molecule has 1 aromatic carbocycles. The van der Waals surface area contributed by atoms with Crippen molar-refractivity contribution in [2.75, 3.05) is 39.3 Å². The second kappa shape index (κ2) is 10.1. The molecule has 1 rings (SSSR count). The van der Waals surface area contributed by atoms with E-state index < -0.39 is 0 Å². The number of ketones is 1. The average molecular weight is 355 g/mol. The van der Waals surface area contributed by atoms with Crippen LogP contribution >= 0.6 is 15.9 Å². The Kier molecular flexibility index (Phi) is 8.81. The monoisotopic (exact) mass is 354 g/mol. The Labute approximate surface area is 137 Å². The third-order valence-electron chi connectivity index (χ3n) is 3.82. The topological polar surface area (TPSA) is 23.6 Å². The van der Waals surface area contributed by atoms with Gasteiger partial charge in [-0.25, -0.2) is 0 Å². The van der Waals surface area contributed by atoms with Crippen LogP contribution in [0.25, 0.3) is 0 Å². The van der Waals surface area contributed by atoms with E-state index in [4.69, 9.17) is 0 Å². The molecule has 21 heavy (non-hydrogen) atoms. The highest BCUT2D eigenvalue weighted by molar-refractivity contribution is 9.10. The molecule has 0 aliphatic carbocycles. The molecule has 0 heterocycles. The lowest BCUT2D eigenvalue weighted by molar-refractivity contribution is 0.0930.